The molecule has 1 heterocycles. The van der Waals surface area contributed by atoms with Crippen molar-refractivity contribution >= 4 is 35.0 Å². The number of hydrogen-bond acceptors (Lipinski definition) is 4. The Morgan fingerprint density at radius 1 is 1.08 bits per heavy atom. The van der Waals surface area contributed by atoms with Crippen molar-refractivity contribution in [3.8, 4) is 5.75 Å². The summed E-state index contributed by atoms with van der Waals surface area (Å²) in [7, 11) is 1.57. The zero-order valence-corrected chi connectivity index (χ0v) is 22.0. The summed E-state index contributed by atoms with van der Waals surface area (Å²) in [5.41, 5.74) is 4.47. The molecule has 196 valence electrons. The van der Waals surface area contributed by atoms with Crippen LogP contribution >= 0.6 is 11.6 Å². The average Bonchev–Trinajstić information content (AvgIpc) is 2.92. The lowest BCUT2D eigenvalue weighted by molar-refractivity contribution is -0.139. The van der Waals surface area contributed by atoms with Gasteiger partial charge in [-0.15, -0.1) is 0 Å². The summed E-state index contributed by atoms with van der Waals surface area (Å²) in [6, 6.07) is 18.7. The molecule has 7 nitrogen and oxygen atoms in total. The minimum absolute atomic E-state index is 0.0386. The number of carbonyl (C=O) groups is 3. The van der Waals surface area contributed by atoms with Gasteiger partial charge >= 0.3 is 5.97 Å². The molecule has 0 fully saturated rings. The molecule has 0 aromatic heterocycles. The normalized spacial score (nSPS) is 13.9. The molecule has 0 saturated carbocycles. The van der Waals surface area contributed by atoms with Crippen molar-refractivity contribution in [3.63, 3.8) is 0 Å². The molecule has 38 heavy (non-hydrogen) atoms. The molecular formula is C30H29ClN2O5. The summed E-state index contributed by atoms with van der Waals surface area (Å²) < 4.78 is 5.22. The first-order valence-electron chi connectivity index (χ1n) is 12.3. The lowest BCUT2D eigenvalue weighted by Crippen LogP contribution is -2.42. The van der Waals surface area contributed by atoms with Crippen LogP contribution in [0.15, 0.2) is 72.8 Å². The Labute approximate surface area is 226 Å². The quantitative estimate of drug-likeness (QED) is 0.425. The number of hydrogen-bond donors (Lipinski definition) is 2. The minimum Gasteiger partial charge on any atom is -0.497 e. The first-order chi connectivity index (χ1) is 18.3. The molecule has 2 amide bonds. The van der Waals surface area contributed by atoms with E-state index in [1.54, 1.807) is 61.4 Å². The van der Waals surface area contributed by atoms with Crippen molar-refractivity contribution in [2.24, 2.45) is 0 Å². The van der Waals surface area contributed by atoms with E-state index in [0.717, 1.165) is 16.7 Å². The highest BCUT2D eigenvalue weighted by molar-refractivity contribution is 6.34. The Balaban J connectivity index is 1.39. The summed E-state index contributed by atoms with van der Waals surface area (Å²) in [6.07, 6.45) is 2.88. The van der Waals surface area contributed by atoms with Crippen molar-refractivity contribution in [2.75, 3.05) is 20.2 Å². The van der Waals surface area contributed by atoms with Crippen molar-refractivity contribution in [3.05, 3.63) is 106 Å². The molecule has 0 aliphatic carbocycles. The van der Waals surface area contributed by atoms with Crippen LogP contribution in [0.5, 0.6) is 5.75 Å². The lowest BCUT2D eigenvalue weighted by Gasteiger charge is -2.27. The second-order valence-corrected chi connectivity index (χ2v) is 9.57. The number of amides is 2. The van der Waals surface area contributed by atoms with Gasteiger partial charge in [0.15, 0.2) is 0 Å². The Morgan fingerprint density at radius 2 is 1.82 bits per heavy atom. The van der Waals surface area contributed by atoms with Gasteiger partial charge in [-0.25, -0.2) is 4.79 Å². The molecule has 1 aliphatic rings. The van der Waals surface area contributed by atoms with E-state index in [0.29, 0.717) is 36.4 Å². The Kier molecular flexibility index (Phi) is 8.48. The number of halogens is 1. The number of rotatable bonds is 8. The van der Waals surface area contributed by atoms with Crippen LogP contribution in [0.25, 0.3) is 5.57 Å². The molecule has 4 rings (SSSR count). The highest BCUT2D eigenvalue weighted by atomic mass is 35.5. The molecular weight excluding hydrogens is 504 g/mol. The van der Waals surface area contributed by atoms with E-state index in [1.165, 1.54) is 0 Å². The molecule has 1 aliphatic heterocycles. The van der Waals surface area contributed by atoms with Gasteiger partial charge in [0.05, 0.1) is 17.7 Å². The largest absolute Gasteiger partial charge is 0.497 e. The predicted molar refractivity (Wildman–Crippen MR) is 147 cm³/mol. The molecule has 0 radical (unpaired) electrons. The molecule has 2 N–H and O–H groups in total. The van der Waals surface area contributed by atoms with Crippen molar-refractivity contribution in [1.29, 1.82) is 0 Å². The molecule has 0 spiro atoms. The van der Waals surface area contributed by atoms with E-state index < -0.39 is 17.9 Å². The van der Waals surface area contributed by atoms with Crippen LogP contribution in [0, 0.1) is 6.92 Å². The third-order valence-electron chi connectivity index (χ3n) is 6.63. The number of nitrogens with one attached hydrogen (secondary N) is 1. The number of carbonyl (C=O) groups excluding carboxylic acids is 2. The zero-order chi connectivity index (χ0) is 27.2. The lowest BCUT2D eigenvalue weighted by atomic mass is 9.96. The van der Waals surface area contributed by atoms with Gasteiger partial charge in [0.2, 0.25) is 0 Å². The second kappa shape index (κ2) is 12.0. The minimum atomic E-state index is -1.12. The first-order valence-corrected chi connectivity index (χ1v) is 12.6. The van der Waals surface area contributed by atoms with Crippen LogP contribution in [0.3, 0.4) is 0 Å². The summed E-state index contributed by atoms with van der Waals surface area (Å²) in [5.74, 6) is -1.03. The smallest absolute Gasteiger partial charge is 0.326 e. The fourth-order valence-electron chi connectivity index (χ4n) is 4.50. The van der Waals surface area contributed by atoms with Gasteiger partial charge < -0.3 is 20.1 Å². The van der Waals surface area contributed by atoms with E-state index in [4.69, 9.17) is 16.3 Å². The highest BCUT2D eigenvalue weighted by Crippen LogP contribution is 2.25. The number of carboxylic acids is 1. The number of ether oxygens (including phenoxy) is 1. The fourth-order valence-corrected chi connectivity index (χ4v) is 4.80. The third-order valence-corrected chi connectivity index (χ3v) is 6.94. The maximum Gasteiger partial charge on any atom is 0.326 e. The number of benzene rings is 3. The van der Waals surface area contributed by atoms with Crippen LogP contribution in [0.1, 0.15) is 43.8 Å². The average molecular weight is 533 g/mol. The van der Waals surface area contributed by atoms with Gasteiger partial charge in [-0.2, -0.15) is 0 Å². The first kappa shape index (κ1) is 26.9. The summed E-state index contributed by atoms with van der Waals surface area (Å²) in [4.78, 5) is 39.3. The molecule has 0 bridgehead atoms. The standard InChI is InChI=1S/C30H29ClN2O5/c1-19-5-3-8-25(31)27(19)28(34)32-26(30(36)37)17-20-9-11-21(12-10-20)22-13-15-33(16-14-22)29(35)23-6-4-7-24(18-23)38-2/h3-13,18,26H,14-17H2,1-2H3,(H,32,34)(H,36,37)/t26-/m0/s1. The SMILES string of the molecule is COc1cccc(C(=O)N2CC=C(c3ccc(C[C@H](NC(=O)c4c(C)cccc4Cl)C(=O)O)cc3)CC2)c1. The van der Waals surface area contributed by atoms with Crippen molar-refractivity contribution in [2.45, 2.75) is 25.8 Å². The molecule has 3 aromatic carbocycles. The van der Waals surface area contributed by atoms with Crippen LogP contribution in [0.4, 0.5) is 0 Å². The summed E-state index contributed by atoms with van der Waals surface area (Å²) >= 11 is 6.17. The zero-order valence-electron chi connectivity index (χ0n) is 21.2. The fraction of sp³-hybridized carbons (Fsp3) is 0.233. The van der Waals surface area contributed by atoms with Gasteiger partial charge in [0.25, 0.3) is 11.8 Å². The van der Waals surface area contributed by atoms with Crippen LogP contribution in [0.2, 0.25) is 5.02 Å². The second-order valence-electron chi connectivity index (χ2n) is 9.16. The maximum atomic E-state index is 12.9. The third kappa shape index (κ3) is 6.23. The van der Waals surface area contributed by atoms with Gasteiger partial charge in [0, 0.05) is 25.1 Å². The summed E-state index contributed by atoms with van der Waals surface area (Å²) in [6.45, 7) is 2.85. The Morgan fingerprint density at radius 3 is 2.45 bits per heavy atom. The molecule has 3 aromatic rings. The van der Waals surface area contributed by atoms with Gasteiger partial charge in [-0.05, 0) is 59.9 Å². The number of nitrogens with zero attached hydrogens (tertiary/aromatic N) is 1. The monoisotopic (exact) mass is 532 g/mol. The van der Waals surface area contributed by atoms with E-state index >= 15 is 0 Å². The van der Waals surface area contributed by atoms with E-state index in [9.17, 15) is 19.5 Å². The van der Waals surface area contributed by atoms with E-state index in [1.807, 2.05) is 30.3 Å². The maximum absolute atomic E-state index is 12.9. The Bertz CT molecular complexity index is 1360. The van der Waals surface area contributed by atoms with Crippen molar-refractivity contribution < 1.29 is 24.2 Å². The van der Waals surface area contributed by atoms with Crippen LogP contribution in [-0.2, 0) is 11.2 Å². The number of aliphatic carboxylic acids is 1. The number of carboxylic acid groups (broad SMARTS) is 1. The van der Waals surface area contributed by atoms with Gasteiger partial charge in [-0.1, -0.05) is 60.1 Å². The van der Waals surface area contributed by atoms with Gasteiger partial charge in [0.1, 0.15) is 11.8 Å². The predicted octanol–water partition coefficient (Wildman–Crippen LogP) is 5.01. The molecule has 0 saturated heterocycles. The van der Waals surface area contributed by atoms with Crippen LogP contribution < -0.4 is 10.1 Å². The highest BCUT2D eigenvalue weighted by Gasteiger charge is 2.24. The van der Waals surface area contributed by atoms with E-state index in [-0.39, 0.29) is 22.9 Å². The Hall–Kier alpha value is -4.10. The molecule has 1 atom stereocenters. The topological polar surface area (TPSA) is 95.9 Å². The van der Waals surface area contributed by atoms with Crippen LogP contribution in [-0.4, -0.2) is 54.0 Å². The van der Waals surface area contributed by atoms with Crippen molar-refractivity contribution in [1.82, 2.24) is 10.2 Å². The molecule has 0 unspecified atom stereocenters. The number of aryl methyl sites for hydroxylation is 1. The summed E-state index contributed by atoms with van der Waals surface area (Å²) in [5, 5.41) is 12.6. The van der Waals surface area contributed by atoms with E-state index in [2.05, 4.69) is 5.32 Å². The molecule has 8 heteroatoms. The van der Waals surface area contributed by atoms with Gasteiger partial charge in [-0.3, -0.25) is 9.59 Å². The number of methoxy groups -OCH3 is 1.